The Morgan fingerprint density at radius 1 is 0.875 bits per heavy atom. The number of guanidine groups is 1. The van der Waals surface area contributed by atoms with Crippen molar-refractivity contribution in [2.75, 3.05) is 54.0 Å². The van der Waals surface area contributed by atoms with E-state index in [1.54, 1.807) is 14.2 Å². The third kappa shape index (κ3) is 7.14. The minimum absolute atomic E-state index is 0.555. The highest BCUT2D eigenvalue weighted by molar-refractivity contribution is 5.79. The van der Waals surface area contributed by atoms with Gasteiger partial charge in [0.05, 0.1) is 20.8 Å². The Morgan fingerprint density at radius 3 is 2.19 bits per heavy atom. The summed E-state index contributed by atoms with van der Waals surface area (Å²) in [5.74, 6) is 2.24. The summed E-state index contributed by atoms with van der Waals surface area (Å²) in [4.78, 5) is 9.63. The van der Waals surface area contributed by atoms with Gasteiger partial charge in [0.25, 0.3) is 0 Å². The van der Waals surface area contributed by atoms with Crippen LogP contribution in [0.3, 0.4) is 0 Å². The van der Waals surface area contributed by atoms with Crippen LogP contribution in [0.2, 0.25) is 0 Å². The molecule has 0 saturated carbocycles. The molecule has 0 aromatic heterocycles. The van der Waals surface area contributed by atoms with Gasteiger partial charge in [0.2, 0.25) is 0 Å². The van der Waals surface area contributed by atoms with Crippen molar-refractivity contribution in [2.45, 2.75) is 26.6 Å². The Morgan fingerprint density at radius 2 is 1.53 bits per heavy atom. The van der Waals surface area contributed by atoms with Crippen molar-refractivity contribution in [3.63, 3.8) is 0 Å². The number of nitrogens with zero attached hydrogens (tertiary/aromatic N) is 3. The van der Waals surface area contributed by atoms with Gasteiger partial charge >= 0.3 is 0 Å². The van der Waals surface area contributed by atoms with Gasteiger partial charge in [0, 0.05) is 45.8 Å². The number of piperazine rings is 1. The zero-order valence-electron chi connectivity index (χ0n) is 19.9. The Kier molecular flexibility index (Phi) is 9.19. The molecule has 0 atom stereocenters. The first-order chi connectivity index (χ1) is 15.6. The van der Waals surface area contributed by atoms with Gasteiger partial charge in [0.15, 0.2) is 17.5 Å². The largest absolute Gasteiger partial charge is 0.493 e. The standard InChI is InChI=1S/C25H37N5O2/c1-5-26-25(28-18-22-10-11-23(31-3)24(16-22)32-4)27-17-20-6-8-21(9-7-20)19-30-14-12-29(2)13-15-30/h6-11,16H,5,12-15,17-19H2,1-4H3,(H2,26,27,28). The lowest BCUT2D eigenvalue weighted by molar-refractivity contribution is 0.148. The lowest BCUT2D eigenvalue weighted by Crippen LogP contribution is -2.43. The summed E-state index contributed by atoms with van der Waals surface area (Å²) >= 11 is 0. The minimum atomic E-state index is 0.555. The molecule has 174 valence electrons. The zero-order valence-corrected chi connectivity index (χ0v) is 19.9. The molecule has 7 nitrogen and oxygen atoms in total. The number of rotatable bonds is 9. The van der Waals surface area contributed by atoms with E-state index >= 15 is 0 Å². The number of aliphatic imine (C=N–C) groups is 1. The summed E-state index contributed by atoms with van der Waals surface area (Å²) in [6.07, 6.45) is 0. The predicted molar refractivity (Wildman–Crippen MR) is 130 cm³/mol. The van der Waals surface area contributed by atoms with Gasteiger partial charge in [0.1, 0.15) is 0 Å². The highest BCUT2D eigenvalue weighted by Gasteiger charge is 2.13. The average Bonchev–Trinajstić information content (AvgIpc) is 2.83. The number of methoxy groups -OCH3 is 2. The van der Waals surface area contributed by atoms with E-state index in [1.165, 1.54) is 11.1 Å². The van der Waals surface area contributed by atoms with Gasteiger partial charge in [-0.25, -0.2) is 4.99 Å². The summed E-state index contributed by atoms with van der Waals surface area (Å²) in [5.41, 5.74) is 3.67. The van der Waals surface area contributed by atoms with Crippen molar-refractivity contribution < 1.29 is 9.47 Å². The third-order valence-electron chi connectivity index (χ3n) is 5.70. The number of ether oxygens (including phenoxy) is 2. The zero-order chi connectivity index (χ0) is 22.8. The van der Waals surface area contributed by atoms with Crippen LogP contribution in [-0.2, 0) is 19.6 Å². The number of hydrogen-bond acceptors (Lipinski definition) is 5. The van der Waals surface area contributed by atoms with Crippen LogP contribution in [0.4, 0.5) is 0 Å². The Balaban J connectivity index is 1.53. The van der Waals surface area contributed by atoms with Crippen LogP contribution in [0.1, 0.15) is 23.6 Å². The van der Waals surface area contributed by atoms with E-state index < -0.39 is 0 Å². The molecule has 1 saturated heterocycles. The van der Waals surface area contributed by atoms with E-state index in [4.69, 9.17) is 14.5 Å². The third-order valence-corrected chi connectivity index (χ3v) is 5.70. The van der Waals surface area contributed by atoms with Crippen LogP contribution in [-0.4, -0.2) is 69.8 Å². The molecule has 7 heteroatoms. The smallest absolute Gasteiger partial charge is 0.191 e. The first-order valence-corrected chi connectivity index (χ1v) is 11.3. The maximum atomic E-state index is 5.39. The van der Waals surface area contributed by atoms with Crippen molar-refractivity contribution in [3.05, 3.63) is 59.2 Å². The van der Waals surface area contributed by atoms with Crippen LogP contribution in [0.5, 0.6) is 11.5 Å². The van der Waals surface area contributed by atoms with E-state index in [-0.39, 0.29) is 0 Å². The number of nitrogens with one attached hydrogen (secondary N) is 2. The molecule has 0 amide bonds. The van der Waals surface area contributed by atoms with Crippen molar-refractivity contribution in [1.82, 2.24) is 20.4 Å². The maximum absolute atomic E-state index is 5.39. The van der Waals surface area contributed by atoms with Gasteiger partial charge in [-0.2, -0.15) is 0 Å². The Labute approximate surface area is 192 Å². The molecule has 0 unspecified atom stereocenters. The molecule has 32 heavy (non-hydrogen) atoms. The SMILES string of the molecule is CCNC(=NCc1ccc(OC)c(OC)c1)NCc1ccc(CN2CCN(C)CC2)cc1. The normalized spacial score (nSPS) is 15.4. The van der Waals surface area contributed by atoms with Crippen molar-refractivity contribution >= 4 is 5.96 Å². The molecular weight excluding hydrogens is 402 g/mol. The van der Waals surface area contributed by atoms with Crippen LogP contribution < -0.4 is 20.1 Å². The molecule has 0 radical (unpaired) electrons. The lowest BCUT2D eigenvalue weighted by Gasteiger charge is -2.32. The van der Waals surface area contributed by atoms with E-state index in [9.17, 15) is 0 Å². The van der Waals surface area contributed by atoms with Crippen LogP contribution >= 0.6 is 0 Å². The fourth-order valence-electron chi connectivity index (χ4n) is 3.70. The second-order valence-corrected chi connectivity index (χ2v) is 8.13. The van der Waals surface area contributed by atoms with E-state index in [0.717, 1.165) is 68.8 Å². The first kappa shape index (κ1) is 23.9. The van der Waals surface area contributed by atoms with E-state index in [0.29, 0.717) is 6.54 Å². The first-order valence-electron chi connectivity index (χ1n) is 11.3. The number of hydrogen-bond donors (Lipinski definition) is 2. The molecule has 0 spiro atoms. The molecule has 2 N–H and O–H groups in total. The second kappa shape index (κ2) is 12.3. The van der Waals surface area contributed by atoms with Gasteiger partial charge in [-0.05, 0) is 42.8 Å². The monoisotopic (exact) mass is 439 g/mol. The van der Waals surface area contributed by atoms with Gasteiger partial charge in [-0.3, -0.25) is 4.90 Å². The summed E-state index contributed by atoms with van der Waals surface area (Å²) < 4.78 is 10.7. The van der Waals surface area contributed by atoms with Gasteiger partial charge < -0.3 is 25.0 Å². The topological polar surface area (TPSA) is 61.4 Å². The van der Waals surface area contributed by atoms with Crippen LogP contribution in [0, 0.1) is 0 Å². The molecule has 1 heterocycles. The van der Waals surface area contributed by atoms with Crippen molar-refractivity contribution in [3.8, 4) is 11.5 Å². The Bertz CT molecular complexity index is 861. The maximum Gasteiger partial charge on any atom is 0.191 e. The molecule has 2 aromatic rings. The lowest BCUT2D eigenvalue weighted by atomic mass is 10.1. The highest BCUT2D eigenvalue weighted by atomic mass is 16.5. The number of likely N-dealkylation sites (N-methyl/N-ethyl adjacent to an activating group) is 1. The molecule has 0 aliphatic carbocycles. The molecule has 1 fully saturated rings. The van der Waals surface area contributed by atoms with E-state index in [1.807, 2.05) is 18.2 Å². The van der Waals surface area contributed by atoms with Crippen molar-refractivity contribution in [2.24, 2.45) is 4.99 Å². The fourth-order valence-corrected chi connectivity index (χ4v) is 3.70. The average molecular weight is 440 g/mol. The van der Waals surface area contributed by atoms with Gasteiger partial charge in [-0.15, -0.1) is 0 Å². The molecule has 1 aliphatic rings. The fraction of sp³-hybridized carbons (Fsp3) is 0.480. The number of benzene rings is 2. The summed E-state index contributed by atoms with van der Waals surface area (Å²) in [5, 5.41) is 6.75. The van der Waals surface area contributed by atoms with Crippen LogP contribution in [0.25, 0.3) is 0 Å². The van der Waals surface area contributed by atoms with Crippen molar-refractivity contribution in [1.29, 1.82) is 0 Å². The van der Waals surface area contributed by atoms with Gasteiger partial charge in [-0.1, -0.05) is 30.3 Å². The Hall–Kier alpha value is -2.77. The summed E-state index contributed by atoms with van der Waals surface area (Å²) in [6, 6.07) is 14.8. The molecule has 1 aliphatic heterocycles. The quantitative estimate of drug-likeness (QED) is 0.463. The highest BCUT2D eigenvalue weighted by Crippen LogP contribution is 2.27. The molecular formula is C25H37N5O2. The molecule has 2 aromatic carbocycles. The van der Waals surface area contributed by atoms with E-state index in [2.05, 4.69) is 58.7 Å². The summed E-state index contributed by atoms with van der Waals surface area (Å²) in [7, 11) is 5.48. The summed E-state index contributed by atoms with van der Waals surface area (Å²) in [6.45, 7) is 9.77. The molecule has 3 rings (SSSR count). The molecule has 0 bridgehead atoms. The predicted octanol–water partition coefficient (Wildman–Crippen LogP) is 2.71. The minimum Gasteiger partial charge on any atom is -0.493 e. The van der Waals surface area contributed by atoms with Crippen LogP contribution in [0.15, 0.2) is 47.5 Å². The second-order valence-electron chi connectivity index (χ2n) is 8.13.